The number of hydrogen-bond acceptors (Lipinski definition) is 7. The molecule has 1 aromatic rings. The third-order valence-electron chi connectivity index (χ3n) is 4.06. The first-order valence-electron chi connectivity index (χ1n) is 7.27. The van der Waals surface area contributed by atoms with E-state index < -0.39 is 4.92 Å². The maximum atomic E-state index is 11.3. The average molecular weight is 294 g/mol. The van der Waals surface area contributed by atoms with Crippen LogP contribution in [0.5, 0.6) is 0 Å². The van der Waals surface area contributed by atoms with Gasteiger partial charge in [0.2, 0.25) is 11.8 Å². The highest BCUT2D eigenvalue weighted by Gasteiger charge is 2.28. The molecule has 0 radical (unpaired) electrons. The number of anilines is 2. The Balaban J connectivity index is 2.39. The van der Waals surface area contributed by atoms with E-state index in [1.54, 1.807) is 6.92 Å². The number of nitro groups is 1. The van der Waals surface area contributed by atoms with E-state index in [9.17, 15) is 10.1 Å². The standard InChI is InChI=1S/C13H22N6O2/c1-9-11(19(20)21)12(16-13(15-9)17-14)18(2)10-7-5-3-4-6-8-10/h10H,3-8,14H2,1-2H3,(H,15,16,17). The number of nitrogen functional groups attached to an aromatic ring is 1. The minimum Gasteiger partial charge on any atom is -0.351 e. The van der Waals surface area contributed by atoms with Crippen LogP contribution >= 0.6 is 0 Å². The summed E-state index contributed by atoms with van der Waals surface area (Å²) in [6.07, 6.45) is 6.81. The van der Waals surface area contributed by atoms with Crippen LogP contribution in [0.2, 0.25) is 0 Å². The van der Waals surface area contributed by atoms with Crippen molar-refractivity contribution in [3.63, 3.8) is 0 Å². The Morgan fingerprint density at radius 3 is 2.43 bits per heavy atom. The zero-order chi connectivity index (χ0) is 15.4. The van der Waals surface area contributed by atoms with Crippen molar-refractivity contribution in [2.75, 3.05) is 17.4 Å². The van der Waals surface area contributed by atoms with Crippen LogP contribution < -0.4 is 16.2 Å². The third-order valence-corrected chi connectivity index (χ3v) is 4.06. The molecule has 8 heteroatoms. The van der Waals surface area contributed by atoms with Gasteiger partial charge in [0.1, 0.15) is 5.69 Å². The molecule has 0 bridgehead atoms. The molecular formula is C13H22N6O2. The lowest BCUT2D eigenvalue weighted by Gasteiger charge is -2.28. The van der Waals surface area contributed by atoms with Crippen molar-refractivity contribution in [3.05, 3.63) is 15.8 Å². The van der Waals surface area contributed by atoms with Gasteiger partial charge in [0.05, 0.1) is 4.92 Å². The number of aryl methyl sites for hydroxylation is 1. The van der Waals surface area contributed by atoms with E-state index in [0.29, 0.717) is 11.5 Å². The van der Waals surface area contributed by atoms with Crippen LogP contribution in [-0.2, 0) is 0 Å². The van der Waals surface area contributed by atoms with Gasteiger partial charge in [-0.1, -0.05) is 25.7 Å². The third kappa shape index (κ3) is 3.38. The van der Waals surface area contributed by atoms with Gasteiger partial charge >= 0.3 is 5.69 Å². The first-order chi connectivity index (χ1) is 10.0. The van der Waals surface area contributed by atoms with Gasteiger partial charge in [-0.2, -0.15) is 4.98 Å². The van der Waals surface area contributed by atoms with Crippen LogP contribution in [0, 0.1) is 17.0 Å². The summed E-state index contributed by atoms with van der Waals surface area (Å²) in [6.45, 7) is 1.60. The second kappa shape index (κ2) is 6.66. The Bertz CT molecular complexity index is 514. The van der Waals surface area contributed by atoms with Crippen LogP contribution in [0.25, 0.3) is 0 Å². The summed E-state index contributed by atoms with van der Waals surface area (Å²) < 4.78 is 0. The van der Waals surface area contributed by atoms with Gasteiger partial charge in [-0.25, -0.2) is 10.8 Å². The Morgan fingerprint density at radius 1 is 1.29 bits per heavy atom. The molecule has 1 aromatic heterocycles. The predicted octanol–water partition coefficient (Wildman–Crippen LogP) is 2.14. The Morgan fingerprint density at radius 2 is 1.90 bits per heavy atom. The molecule has 1 heterocycles. The molecule has 0 spiro atoms. The molecule has 0 unspecified atom stereocenters. The molecule has 8 nitrogen and oxygen atoms in total. The van der Waals surface area contributed by atoms with Gasteiger partial charge in [-0.3, -0.25) is 15.5 Å². The molecule has 21 heavy (non-hydrogen) atoms. The second-order valence-corrected chi connectivity index (χ2v) is 5.46. The maximum absolute atomic E-state index is 11.3. The highest BCUT2D eigenvalue weighted by atomic mass is 16.6. The quantitative estimate of drug-likeness (QED) is 0.379. The number of nitrogens with one attached hydrogen (secondary N) is 1. The van der Waals surface area contributed by atoms with Gasteiger partial charge in [0.15, 0.2) is 0 Å². The number of nitrogens with zero attached hydrogens (tertiary/aromatic N) is 4. The molecular weight excluding hydrogens is 272 g/mol. The fourth-order valence-electron chi connectivity index (χ4n) is 2.89. The van der Waals surface area contributed by atoms with Crippen LogP contribution in [0.15, 0.2) is 0 Å². The summed E-state index contributed by atoms with van der Waals surface area (Å²) in [5.74, 6) is 5.90. The van der Waals surface area contributed by atoms with E-state index in [4.69, 9.17) is 5.84 Å². The van der Waals surface area contributed by atoms with Gasteiger partial charge in [-0.05, 0) is 19.8 Å². The topological polar surface area (TPSA) is 110 Å². The Hall–Kier alpha value is -1.96. The summed E-state index contributed by atoms with van der Waals surface area (Å²) >= 11 is 0. The summed E-state index contributed by atoms with van der Waals surface area (Å²) in [6, 6.07) is 0.270. The van der Waals surface area contributed by atoms with E-state index in [1.165, 1.54) is 12.8 Å². The fourth-order valence-corrected chi connectivity index (χ4v) is 2.89. The number of aromatic nitrogens is 2. The molecule has 3 N–H and O–H groups in total. The zero-order valence-corrected chi connectivity index (χ0v) is 12.5. The number of hydrazine groups is 1. The summed E-state index contributed by atoms with van der Waals surface area (Å²) in [5, 5.41) is 11.3. The molecule has 1 aliphatic rings. The van der Waals surface area contributed by atoms with Gasteiger partial charge in [0, 0.05) is 13.1 Å². The van der Waals surface area contributed by atoms with Crippen LogP contribution in [0.4, 0.5) is 17.5 Å². The second-order valence-electron chi connectivity index (χ2n) is 5.46. The van der Waals surface area contributed by atoms with E-state index in [0.717, 1.165) is 25.7 Å². The zero-order valence-electron chi connectivity index (χ0n) is 12.5. The largest absolute Gasteiger partial charge is 0.351 e. The monoisotopic (exact) mass is 294 g/mol. The molecule has 2 rings (SSSR count). The lowest BCUT2D eigenvalue weighted by atomic mass is 10.1. The molecule has 0 aromatic carbocycles. The molecule has 1 fully saturated rings. The van der Waals surface area contributed by atoms with E-state index in [1.807, 2.05) is 11.9 Å². The molecule has 0 aliphatic heterocycles. The predicted molar refractivity (Wildman–Crippen MR) is 81.1 cm³/mol. The van der Waals surface area contributed by atoms with Crippen LogP contribution in [-0.4, -0.2) is 28.0 Å². The molecule has 0 saturated heterocycles. The van der Waals surface area contributed by atoms with Crippen molar-refractivity contribution in [1.29, 1.82) is 0 Å². The van der Waals surface area contributed by atoms with E-state index in [-0.39, 0.29) is 17.7 Å². The van der Waals surface area contributed by atoms with Crippen molar-refractivity contribution < 1.29 is 4.92 Å². The van der Waals surface area contributed by atoms with Gasteiger partial charge in [0.25, 0.3) is 0 Å². The highest BCUT2D eigenvalue weighted by Crippen LogP contribution is 2.32. The van der Waals surface area contributed by atoms with Crippen molar-refractivity contribution in [3.8, 4) is 0 Å². The summed E-state index contributed by atoms with van der Waals surface area (Å²) in [5.41, 5.74) is 2.65. The first kappa shape index (κ1) is 15.4. The van der Waals surface area contributed by atoms with E-state index in [2.05, 4.69) is 15.4 Å². The smallest absolute Gasteiger partial charge is 0.332 e. The molecule has 0 atom stereocenters. The summed E-state index contributed by atoms with van der Waals surface area (Å²) in [4.78, 5) is 21.1. The molecule has 116 valence electrons. The minimum absolute atomic E-state index is 0.0410. The lowest BCUT2D eigenvalue weighted by molar-refractivity contribution is -0.385. The fraction of sp³-hybridized carbons (Fsp3) is 0.692. The first-order valence-corrected chi connectivity index (χ1v) is 7.27. The van der Waals surface area contributed by atoms with Crippen molar-refractivity contribution in [1.82, 2.24) is 9.97 Å². The minimum atomic E-state index is -0.418. The van der Waals surface area contributed by atoms with Crippen LogP contribution in [0.1, 0.15) is 44.2 Å². The van der Waals surface area contributed by atoms with Gasteiger partial charge in [-0.15, -0.1) is 0 Å². The number of nitrogens with two attached hydrogens (primary N) is 1. The van der Waals surface area contributed by atoms with Crippen molar-refractivity contribution in [2.24, 2.45) is 5.84 Å². The van der Waals surface area contributed by atoms with E-state index >= 15 is 0 Å². The van der Waals surface area contributed by atoms with Crippen molar-refractivity contribution in [2.45, 2.75) is 51.5 Å². The SMILES string of the molecule is Cc1nc(NN)nc(N(C)C2CCCCCC2)c1[N+](=O)[O-]. The normalized spacial score (nSPS) is 16.3. The number of hydrogen-bond donors (Lipinski definition) is 2. The maximum Gasteiger partial charge on any atom is 0.332 e. The lowest BCUT2D eigenvalue weighted by Crippen LogP contribution is -2.33. The molecule has 1 aliphatic carbocycles. The number of rotatable bonds is 4. The van der Waals surface area contributed by atoms with Crippen molar-refractivity contribution >= 4 is 17.5 Å². The molecule has 1 saturated carbocycles. The average Bonchev–Trinajstić information content (AvgIpc) is 2.74. The summed E-state index contributed by atoms with van der Waals surface area (Å²) in [7, 11) is 1.87. The van der Waals surface area contributed by atoms with Gasteiger partial charge < -0.3 is 4.90 Å². The highest BCUT2D eigenvalue weighted by molar-refractivity contribution is 5.62. The Labute approximate surface area is 123 Å². The van der Waals surface area contributed by atoms with Crippen LogP contribution in [0.3, 0.4) is 0 Å². The molecule has 0 amide bonds. The Kier molecular flexibility index (Phi) is 4.89.